The first-order valence-electron chi connectivity index (χ1n) is 12.6. The monoisotopic (exact) mass is 514 g/mol. The number of nitrogens with one attached hydrogen (secondary N) is 2. The standard InChI is InChI=1S/C22H40N2O4.C4H6O4/c1-19(2)11-15(12-20(3,4)23-19)27-17(25)9-10-18(26)28-16-13-21(5,6)24-22(7,8)14-16;5-3(6)1-2-4(7)8/h15-16,23-24H,9-14H2,1-8H3;1-2H2,(H,5,6)(H,7,8). The highest BCUT2D eigenvalue weighted by molar-refractivity contribution is 5.78. The third kappa shape index (κ3) is 13.2. The third-order valence-electron chi connectivity index (χ3n) is 5.99. The van der Waals surface area contributed by atoms with E-state index in [0.717, 1.165) is 25.7 Å². The minimum atomic E-state index is -1.08. The van der Waals surface area contributed by atoms with E-state index in [0.29, 0.717) is 0 Å². The fourth-order valence-electron chi connectivity index (χ4n) is 5.53. The largest absolute Gasteiger partial charge is 0.481 e. The fraction of sp³-hybridized carbons (Fsp3) is 0.846. The van der Waals surface area contributed by atoms with Crippen LogP contribution in [0.2, 0.25) is 0 Å². The molecule has 2 rings (SSSR count). The van der Waals surface area contributed by atoms with E-state index in [1.54, 1.807) is 0 Å². The van der Waals surface area contributed by atoms with Crippen molar-refractivity contribution in [3.05, 3.63) is 0 Å². The molecule has 0 aromatic heterocycles. The number of ether oxygens (including phenoxy) is 2. The van der Waals surface area contributed by atoms with Crippen LogP contribution < -0.4 is 10.6 Å². The number of hydrogen-bond donors (Lipinski definition) is 4. The molecule has 36 heavy (non-hydrogen) atoms. The van der Waals surface area contributed by atoms with Crippen LogP contribution in [0.4, 0.5) is 0 Å². The van der Waals surface area contributed by atoms with Crippen LogP contribution in [-0.2, 0) is 28.7 Å². The van der Waals surface area contributed by atoms with Gasteiger partial charge in [0.2, 0.25) is 0 Å². The second-order valence-corrected chi connectivity index (χ2v) is 12.6. The Bertz CT molecular complexity index is 706. The lowest BCUT2D eigenvalue weighted by Crippen LogP contribution is -2.59. The number of piperidine rings is 2. The molecule has 2 aliphatic heterocycles. The van der Waals surface area contributed by atoms with Gasteiger partial charge in [-0.25, -0.2) is 0 Å². The van der Waals surface area contributed by atoms with Gasteiger partial charge in [-0.05, 0) is 55.4 Å². The molecule has 0 aromatic rings. The summed E-state index contributed by atoms with van der Waals surface area (Å²) in [6.45, 7) is 17.0. The summed E-state index contributed by atoms with van der Waals surface area (Å²) in [5.74, 6) is -2.79. The molecule has 0 amide bonds. The van der Waals surface area contributed by atoms with E-state index >= 15 is 0 Å². The van der Waals surface area contributed by atoms with Crippen LogP contribution >= 0.6 is 0 Å². The zero-order chi connectivity index (χ0) is 27.9. The van der Waals surface area contributed by atoms with E-state index in [1.165, 1.54) is 0 Å². The lowest BCUT2D eigenvalue weighted by molar-refractivity contribution is -0.160. The average molecular weight is 515 g/mol. The van der Waals surface area contributed by atoms with E-state index in [1.807, 2.05) is 0 Å². The molecule has 0 saturated carbocycles. The molecule has 0 unspecified atom stereocenters. The molecule has 4 N–H and O–H groups in total. The first-order valence-corrected chi connectivity index (χ1v) is 12.6. The normalized spacial score (nSPS) is 22.4. The fourth-order valence-corrected chi connectivity index (χ4v) is 5.53. The molecule has 2 heterocycles. The van der Waals surface area contributed by atoms with E-state index in [9.17, 15) is 19.2 Å². The highest BCUT2D eigenvalue weighted by Gasteiger charge is 2.40. The molecular weight excluding hydrogens is 468 g/mol. The van der Waals surface area contributed by atoms with Gasteiger partial charge in [-0.2, -0.15) is 0 Å². The number of carboxylic acid groups (broad SMARTS) is 2. The maximum absolute atomic E-state index is 12.3. The summed E-state index contributed by atoms with van der Waals surface area (Å²) in [5, 5.41) is 22.9. The number of rotatable bonds is 8. The minimum absolute atomic E-state index is 0.0708. The molecule has 0 bridgehead atoms. The van der Waals surface area contributed by atoms with Gasteiger partial charge in [0.15, 0.2) is 0 Å². The van der Waals surface area contributed by atoms with Crippen molar-refractivity contribution in [2.45, 2.75) is 141 Å². The molecule has 0 atom stereocenters. The van der Waals surface area contributed by atoms with Crippen molar-refractivity contribution in [2.75, 3.05) is 0 Å². The minimum Gasteiger partial charge on any atom is -0.481 e. The Hall–Kier alpha value is -2.20. The van der Waals surface area contributed by atoms with Crippen LogP contribution in [0.5, 0.6) is 0 Å². The van der Waals surface area contributed by atoms with E-state index < -0.39 is 11.9 Å². The van der Waals surface area contributed by atoms with E-state index in [4.69, 9.17) is 19.7 Å². The summed E-state index contributed by atoms with van der Waals surface area (Å²) >= 11 is 0. The highest BCUT2D eigenvalue weighted by atomic mass is 16.6. The molecule has 0 radical (unpaired) electrons. The lowest BCUT2D eigenvalue weighted by Gasteiger charge is -2.46. The van der Waals surface area contributed by atoms with Gasteiger partial charge in [0.05, 0.1) is 25.7 Å². The molecule has 2 saturated heterocycles. The van der Waals surface area contributed by atoms with Gasteiger partial charge < -0.3 is 30.3 Å². The summed E-state index contributed by atoms with van der Waals surface area (Å²) in [6, 6.07) is 0. The molecule has 2 aliphatic rings. The number of carbonyl (C=O) groups excluding carboxylic acids is 2. The maximum atomic E-state index is 12.3. The van der Waals surface area contributed by atoms with Crippen LogP contribution in [0, 0.1) is 0 Å². The Morgan fingerprint density at radius 1 is 0.583 bits per heavy atom. The second-order valence-electron chi connectivity index (χ2n) is 12.6. The zero-order valence-electron chi connectivity index (χ0n) is 23.2. The van der Waals surface area contributed by atoms with Gasteiger partial charge in [-0.3, -0.25) is 19.2 Å². The zero-order valence-corrected chi connectivity index (χ0v) is 23.2. The Morgan fingerprint density at radius 2 is 0.833 bits per heavy atom. The van der Waals surface area contributed by atoms with Gasteiger partial charge >= 0.3 is 23.9 Å². The Morgan fingerprint density at radius 3 is 1.06 bits per heavy atom. The summed E-state index contributed by atoms with van der Waals surface area (Å²) in [4.78, 5) is 43.8. The molecule has 2 fully saturated rings. The number of carbonyl (C=O) groups is 4. The Labute approximate surface area is 214 Å². The quantitative estimate of drug-likeness (QED) is 0.355. The van der Waals surface area contributed by atoms with Gasteiger partial charge in [0.25, 0.3) is 0 Å². The molecule has 0 aromatic carbocycles. The highest BCUT2D eigenvalue weighted by Crippen LogP contribution is 2.32. The predicted octanol–water partition coefficient (Wildman–Crippen LogP) is 3.41. The predicted molar refractivity (Wildman–Crippen MR) is 135 cm³/mol. The smallest absolute Gasteiger partial charge is 0.306 e. The summed E-state index contributed by atoms with van der Waals surface area (Å²) in [5.41, 5.74) is -0.332. The topological polar surface area (TPSA) is 151 Å². The van der Waals surface area contributed by atoms with Crippen LogP contribution in [0.3, 0.4) is 0 Å². The van der Waals surface area contributed by atoms with E-state index in [-0.39, 0.29) is 72.0 Å². The summed E-state index contributed by atoms with van der Waals surface area (Å²) < 4.78 is 11.3. The van der Waals surface area contributed by atoms with Gasteiger partial charge in [0.1, 0.15) is 12.2 Å². The van der Waals surface area contributed by atoms with Gasteiger partial charge in [-0.1, -0.05) is 0 Å². The van der Waals surface area contributed by atoms with Crippen molar-refractivity contribution in [1.82, 2.24) is 10.6 Å². The number of esters is 2. The van der Waals surface area contributed by atoms with Crippen molar-refractivity contribution in [2.24, 2.45) is 0 Å². The van der Waals surface area contributed by atoms with Crippen LogP contribution in [0.1, 0.15) is 107 Å². The summed E-state index contributed by atoms with van der Waals surface area (Å²) in [6.07, 6.45) is 2.38. The third-order valence-corrected chi connectivity index (χ3v) is 5.99. The van der Waals surface area contributed by atoms with E-state index in [2.05, 4.69) is 66.0 Å². The first kappa shape index (κ1) is 31.8. The van der Waals surface area contributed by atoms with Crippen molar-refractivity contribution in [1.29, 1.82) is 0 Å². The van der Waals surface area contributed by atoms with Crippen LogP contribution in [-0.4, -0.2) is 68.5 Å². The number of carboxylic acids is 2. The van der Waals surface area contributed by atoms with Crippen molar-refractivity contribution in [3.8, 4) is 0 Å². The van der Waals surface area contributed by atoms with Crippen molar-refractivity contribution < 1.29 is 38.9 Å². The van der Waals surface area contributed by atoms with Gasteiger partial charge in [-0.15, -0.1) is 0 Å². The molecule has 208 valence electrons. The molecular formula is C26H46N2O8. The Balaban J connectivity index is 0.000000697. The molecule has 10 nitrogen and oxygen atoms in total. The maximum Gasteiger partial charge on any atom is 0.306 e. The molecule has 0 spiro atoms. The molecule has 0 aliphatic carbocycles. The van der Waals surface area contributed by atoms with Crippen molar-refractivity contribution >= 4 is 23.9 Å². The van der Waals surface area contributed by atoms with Crippen LogP contribution in [0.25, 0.3) is 0 Å². The average Bonchev–Trinajstić information content (AvgIpc) is 2.60. The SMILES string of the molecule is CC1(C)CC(OC(=O)CCC(=O)OC2CC(C)(C)NC(C)(C)C2)CC(C)(C)N1.O=C(O)CCC(=O)O. The van der Waals surface area contributed by atoms with Gasteiger partial charge in [0, 0.05) is 47.8 Å². The molecule has 10 heteroatoms. The first-order chi connectivity index (χ1) is 16.2. The number of hydrogen-bond acceptors (Lipinski definition) is 8. The second kappa shape index (κ2) is 12.4. The number of aliphatic carboxylic acids is 2. The van der Waals surface area contributed by atoms with Crippen molar-refractivity contribution in [3.63, 3.8) is 0 Å². The Kier molecular flexibility index (Phi) is 10.9. The summed E-state index contributed by atoms with van der Waals surface area (Å²) in [7, 11) is 0. The lowest BCUT2D eigenvalue weighted by atomic mass is 9.81. The van der Waals surface area contributed by atoms with Crippen LogP contribution in [0.15, 0.2) is 0 Å².